The minimum atomic E-state index is 0.699. The number of rotatable bonds is 0. The van der Waals surface area contributed by atoms with Gasteiger partial charge in [-0.2, -0.15) is 0 Å². The second-order valence-electron chi connectivity index (χ2n) is 10.1. The van der Waals surface area contributed by atoms with Crippen molar-refractivity contribution in [1.82, 2.24) is 0 Å². The van der Waals surface area contributed by atoms with Crippen LogP contribution in [0, 0.1) is 72.0 Å². The van der Waals surface area contributed by atoms with E-state index < -0.39 is 0 Å². The average Bonchev–Trinajstić information content (AvgIpc) is 2.93. The summed E-state index contributed by atoms with van der Waals surface area (Å²) in [6.45, 7) is 10.4. The molecule has 140 valence electrons. The SMILES string of the molecule is C#C.C#C.C[C@@H]1CCC2CCC3C(CC[C@@]4(C)C3CC[C@@H]4C)[C@@]2(C)C1. The highest BCUT2D eigenvalue weighted by molar-refractivity contribution is 5.08. The van der Waals surface area contributed by atoms with Crippen LogP contribution in [0.25, 0.3) is 0 Å². The lowest BCUT2D eigenvalue weighted by atomic mass is 9.44. The van der Waals surface area contributed by atoms with Gasteiger partial charge in [0.25, 0.3) is 0 Å². The molecule has 0 aromatic carbocycles. The van der Waals surface area contributed by atoms with Crippen molar-refractivity contribution in [3.05, 3.63) is 0 Å². The molecule has 0 N–H and O–H groups in total. The van der Waals surface area contributed by atoms with Gasteiger partial charge < -0.3 is 0 Å². The maximum absolute atomic E-state index is 4.00. The normalized spacial score (nSPS) is 50.6. The third-order valence-electron chi connectivity index (χ3n) is 9.34. The summed E-state index contributed by atoms with van der Waals surface area (Å²) in [7, 11) is 0. The summed E-state index contributed by atoms with van der Waals surface area (Å²) in [6, 6.07) is 0. The van der Waals surface area contributed by atoms with E-state index in [-0.39, 0.29) is 0 Å². The van der Waals surface area contributed by atoms with Crippen LogP contribution in [0.3, 0.4) is 0 Å². The number of hydrogen-bond donors (Lipinski definition) is 0. The first-order valence-electron chi connectivity index (χ1n) is 10.6. The molecule has 0 heterocycles. The van der Waals surface area contributed by atoms with E-state index in [2.05, 4.69) is 53.4 Å². The van der Waals surface area contributed by atoms with Crippen molar-refractivity contribution in [3.63, 3.8) is 0 Å². The maximum atomic E-state index is 4.00. The summed E-state index contributed by atoms with van der Waals surface area (Å²) in [5.41, 5.74) is 1.40. The Morgan fingerprint density at radius 2 is 1.28 bits per heavy atom. The van der Waals surface area contributed by atoms with E-state index in [1.54, 1.807) is 32.1 Å². The topological polar surface area (TPSA) is 0 Å². The van der Waals surface area contributed by atoms with Crippen molar-refractivity contribution in [2.24, 2.45) is 46.3 Å². The van der Waals surface area contributed by atoms with E-state index in [0.29, 0.717) is 10.8 Å². The molecule has 0 amide bonds. The molecule has 4 aliphatic carbocycles. The van der Waals surface area contributed by atoms with Gasteiger partial charge in [0, 0.05) is 0 Å². The molecular weight excluding hydrogens is 300 g/mol. The Balaban J connectivity index is 0.000000528. The molecule has 0 bridgehead atoms. The third-order valence-corrected chi connectivity index (χ3v) is 9.34. The number of hydrogen-bond acceptors (Lipinski definition) is 0. The second-order valence-corrected chi connectivity index (χ2v) is 10.1. The molecule has 8 atom stereocenters. The molecule has 4 aliphatic rings. The van der Waals surface area contributed by atoms with Crippen molar-refractivity contribution in [2.75, 3.05) is 0 Å². The van der Waals surface area contributed by atoms with Crippen LogP contribution < -0.4 is 0 Å². The Morgan fingerprint density at radius 3 is 1.96 bits per heavy atom. The number of fused-ring (bicyclic) bond motifs is 5. The van der Waals surface area contributed by atoms with E-state index in [1.807, 2.05) is 0 Å². The Hall–Kier alpha value is -0.880. The fourth-order valence-corrected chi connectivity index (χ4v) is 7.93. The van der Waals surface area contributed by atoms with Crippen molar-refractivity contribution >= 4 is 0 Å². The molecule has 0 heteroatoms. The Labute approximate surface area is 157 Å². The van der Waals surface area contributed by atoms with Crippen LogP contribution in [0.1, 0.15) is 85.5 Å². The van der Waals surface area contributed by atoms with Crippen molar-refractivity contribution < 1.29 is 0 Å². The van der Waals surface area contributed by atoms with Gasteiger partial charge in [-0.25, -0.2) is 0 Å². The highest BCUT2D eigenvalue weighted by Crippen LogP contribution is 2.67. The molecule has 0 radical (unpaired) electrons. The predicted molar refractivity (Wildman–Crippen MR) is 110 cm³/mol. The predicted octanol–water partition coefficient (Wildman–Crippen LogP) is 6.80. The van der Waals surface area contributed by atoms with Crippen LogP contribution in [0.2, 0.25) is 0 Å². The van der Waals surface area contributed by atoms with Gasteiger partial charge in [-0.05, 0) is 97.7 Å². The molecule has 25 heavy (non-hydrogen) atoms. The fraction of sp³-hybridized carbons (Fsp3) is 0.840. The molecule has 0 aromatic heterocycles. The van der Waals surface area contributed by atoms with Crippen molar-refractivity contribution in [2.45, 2.75) is 85.5 Å². The standard InChI is InChI=1S/C21H36.2C2H2/c1-14-5-7-16-8-9-17-18-10-6-15(2)20(18,3)12-11-19(17)21(16,4)13-14;2*1-2/h14-19H,5-13H2,1-4H3;2*1-2H/t14-,15+,16?,17?,18?,19?,20-,21+;;/m1../s1. The van der Waals surface area contributed by atoms with Crippen molar-refractivity contribution in [3.8, 4) is 25.7 Å². The largest absolute Gasteiger partial charge is 0.124 e. The molecule has 4 unspecified atom stereocenters. The van der Waals surface area contributed by atoms with Crippen LogP contribution in [-0.2, 0) is 0 Å². The average molecular weight is 341 g/mol. The second kappa shape index (κ2) is 7.78. The first-order chi connectivity index (χ1) is 11.9. The van der Waals surface area contributed by atoms with Gasteiger partial charge in [0.05, 0.1) is 0 Å². The maximum Gasteiger partial charge on any atom is -0.0264 e. The first-order valence-corrected chi connectivity index (χ1v) is 10.6. The summed E-state index contributed by atoms with van der Waals surface area (Å²) in [6.07, 6.45) is 29.9. The molecule has 0 nitrogen and oxygen atoms in total. The van der Waals surface area contributed by atoms with Crippen LogP contribution in [0.15, 0.2) is 0 Å². The molecule has 0 aliphatic heterocycles. The van der Waals surface area contributed by atoms with Gasteiger partial charge >= 0.3 is 0 Å². The minimum Gasteiger partial charge on any atom is -0.124 e. The molecule has 4 rings (SSSR count). The lowest BCUT2D eigenvalue weighted by Gasteiger charge is -2.61. The van der Waals surface area contributed by atoms with Crippen LogP contribution >= 0.6 is 0 Å². The summed E-state index contributed by atoms with van der Waals surface area (Å²) in [4.78, 5) is 0. The van der Waals surface area contributed by atoms with Gasteiger partial charge in [0.1, 0.15) is 0 Å². The lowest BCUT2D eigenvalue weighted by Crippen LogP contribution is -2.53. The van der Waals surface area contributed by atoms with Gasteiger partial charge in [0.2, 0.25) is 0 Å². The molecule has 4 saturated carbocycles. The molecule has 0 aromatic rings. The van der Waals surface area contributed by atoms with E-state index in [1.165, 1.54) is 25.7 Å². The highest BCUT2D eigenvalue weighted by Gasteiger charge is 2.59. The van der Waals surface area contributed by atoms with Crippen molar-refractivity contribution in [1.29, 1.82) is 0 Å². The van der Waals surface area contributed by atoms with Gasteiger partial charge in [-0.1, -0.05) is 34.1 Å². The fourth-order valence-electron chi connectivity index (χ4n) is 7.93. The third kappa shape index (κ3) is 3.16. The van der Waals surface area contributed by atoms with Gasteiger partial charge in [-0.15, -0.1) is 25.7 Å². The zero-order valence-corrected chi connectivity index (χ0v) is 17.1. The van der Waals surface area contributed by atoms with Gasteiger partial charge in [0.15, 0.2) is 0 Å². The summed E-state index contributed by atoms with van der Waals surface area (Å²) >= 11 is 0. The minimum absolute atomic E-state index is 0.699. The van der Waals surface area contributed by atoms with E-state index >= 15 is 0 Å². The molecule has 4 fully saturated rings. The lowest BCUT2D eigenvalue weighted by molar-refractivity contribution is -0.117. The molecular formula is C25H40. The van der Waals surface area contributed by atoms with Crippen LogP contribution in [0.5, 0.6) is 0 Å². The van der Waals surface area contributed by atoms with E-state index in [0.717, 1.165) is 35.5 Å². The summed E-state index contributed by atoms with van der Waals surface area (Å²) < 4.78 is 0. The smallest absolute Gasteiger partial charge is 0.0264 e. The van der Waals surface area contributed by atoms with E-state index in [4.69, 9.17) is 0 Å². The molecule has 0 spiro atoms. The summed E-state index contributed by atoms with van der Waals surface area (Å²) in [5, 5.41) is 0. The number of terminal acetylenes is 2. The first kappa shape index (κ1) is 20.4. The summed E-state index contributed by atoms with van der Waals surface area (Å²) in [5.74, 6) is 6.27. The zero-order chi connectivity index (χ0) is 18.8. The van der Waals surface area contributed by atoms with Crippen LogP contribution in [0.4, 0.5) is 0 Å². The van der Waals surface area contributed by atoms with Gasteiger partial charge in [-0.3, -0.25) is 0 Å². The Morgan fingerprint density at radius 1 is 0.680 bits per heavy atom. The Bertz CT molecular complexity index is 479. The van der Waals surface area contributed by atoms with E-state index in [9.17, 15) is 0 Å². The highest BCUT2D eigenvalue weighted by atomic mass is 14.6. The quantitative estimate of drug-likeness (QED) is 0.425. The molecule has 0 saturated heterocycles. The Kier molecular flexibility index (Phi) is 6.36. The van der Waals surface area contributed by atoms with Crippen LogP contribution in [-0.4, -0.2) is 0 Å². The monoisotopic (exact) mass is 340 g/mol. The zero-order valence-electron chi connectivity index (χ0n) is 17.1.